The fourth-order valence-corrected chi connectivity index (χ4v) is 3.83. The number of benzene rings is 1. The molecule has 2 aromatic heterocycles. The molecule has 2 heterocycles. The van der Waals surface area contributed by atoms with Crippen LogP contribution in [0.15, 0.2) is 48.5 Å². The molecule has 0 saturated heterocycles. The number of nitrogens with one attached hydrogen (secondary N) is 1. The number of thiophene rings is 1. The first kappa shape index (κ1) is 20.9. The van der Waals surface area contributed by atoms with E-state index in [1.54, 1.807) is 44.2 Å². The predicted octanol–water partition coefficient (Wildman–Crippen LogP) is 4.91. The minimum atomic E-state index is -1.10. The van der Waals surface area contributed by atoms with Gasteiger partial charge in [0.2, 0.25) is 0 Å². The number of nitriles is 1. The lowest BCUT2D eigenvalue weighted by Gasteiger charge is -2.18. The molecule has 7 heteroatoms. The zero-order valence-electron chi connectivity index (χ0n) is 16.2. The first-order valence-electron chi connectivity index (χ1n) is 9.19. The monoisotopic (exact) mass is 411 g/mol. The van der Waals surface area contributed by atoms with Crippen LogP contribution >= 0.6 is 11.3 Å². The number of aromatic nitrogens is 1. The Kier molecular flexibility index (Phi) is 6.28. The Morgan fingerprint density at radius 1 is 1.24 bits per heavy atom. The van der Waals surface area contributed by atoms with Gasteiger partial charge in [-0.3, -0.25) is 0 Å². The van der Waals surface area contributed by atoms with Crippen LogP contribution in [0.4, 0.5) is 15.2 Å². The Morgan fingerprint density at radius 2 is 2.03 bits per heavy atom. The summed E-state index contributed by atoms with van der Waals surface area (Å²) in [5.41, 5.74) is 0.474. The zero-order valence-corrected chi connectivity index (χ0v) is 17.0. The Hall–Kier alpha value is -2.79. The van der Waals surface area contributed by atoms with Crippen molar-refractivity contribution in [1.82, 2.24) is 4.98 Å². The van der Waals surface area contributed by atoms with Crippen molar-refractivity contribution in [3.63, 3.8) is 0 Å². The molecule has 0 fully saturated rings. The van der Waals surface area contributed by atoms with E-state index in [1.165, 1.54) is 17.4 Å². The summed E-state index contributed by atoms with van der Waals surface area (Å²) >= 11 is 1.38. The maximum absolute atomic E-state index is 14.6. The molecule has 0 radical (unpaired) electrons. The van der Waals surface area contributed by atoms with E-state index < -0.39 is 11.5 Å². The van der Waals surface area contributed by atoms with E-state index in [-0.39, 0.29) is 12.4 Å². The van der Waals surface area contributed by atoms with Crippen LogP contribution in [0.1, 0.15) is 37.4 Å². The van der Waals surface area contributed by atoms with Crippen LogP contribution in [0.25, 0.3) is 10.4 Å². The van der Waals surface area contributed by atoms with Crippen molar-refractivity contribution in [1.29, 1.82) is 5.26 Å². The van der Waals surface area contributed by atoms with Crippen molar-refractivity contribution in [3.05, 3.63) is 65.6 Å². The third kappa shape index (κ3) is 4.98. The van der Waals surface area contributed by atoms with Gasteiger partial charge in [0.25, 0.3) is 0 Å². The normalized spacial score (nSPS) is 12.4. The molecule has 0 spiro atoms. The topological polar surface area (TPSA) is 89.2 Å². The van der Waals surface area contributed by atoms with Gasteiger partial charge in [0.1, 0.15) is 11.6 Å². The van der Waals surface area contributed by atoms with Crippen LogP contribution in [0.2, 0.25) is 0 Å². The van der Waals surface area contributed by atoms with Crippen LogP contribution < -0.4 is 5.32 Å². The number of anilines is 2. The number of aliphatic hydroxyl groups is 2. The van der Waals surface area contributed by atoms with Crippen LogP contribution in [-0.2, 0) is 5.60 Å². The third-order valence-electron chi connectivity index (χ3n) is 4.50. The highest BCUT2D eigenvalue weighted by atomic mass is 32.1. The first-order chi connectivity index (χ1) is 13.8. The maximum atomic E-state index is 14.6. The number of pyridine rings is 1. The van der Waals surface area contributed by atoms with Gasteiger partial charge in [-0.15, -0.1) is 11.3 Å². The first-order valence-corrected chi connectivity index (χ1v) is 10.0. The lowest BCUT2D eigenvalue weighted by molar-refractivity contribution is 0.0782. The van der Waals surface area contributed by atoms with E-state index in [0.717, 1.165) is 9.88 Å². The SMILES string of the molecule is CC(C)(O)c1ccc(-c2ccc(Nc3cccc(C(C#N)CCO)n3)s2)c(F)c1. The molecule has 0 bridgehead atoms. The number of halogens is 1. The number of aliphatic hydroxyl groups excluding tert-OH is 1. The average molecular weight is 412 g/mol. The van der Waals surface area contributed by atoms with Crippen molar-refractivity contribution in [2.75, 3.05) is 11.9 Å². The summed E-state index contributed by atoms with van der Waals surface area (Å²) in [4.78, 5) is 5.20. The molecule has 1 unspecified atom stereocenters. The third-order valence-corrected chi connectivity index (χ3v) is 5.53. The van der Waals surface area contributed by atoms with Gasteiger partial charge >= 0.3 is 0 Å². The molecule has 1 aromatic carbocycles. The molecular formula is C22H22FN3O2S. The van der Waals surface area contributed by atoms with Gasteiger partial charge in [-0.1, -0.05) is 18.2 Å². The summed E-state index contributed by atoms with van der Waals surface area (Å²) in [5.74, 6) is -0.282. The lowest BCUT2D eigenvalue weighted by Crippen LogP contribution is -2.15. The van der Waals surface area contributed by atoms with Gasteiger partial charge in [-0.2, -0.15) is 5.26 Å². The Bertz CT molecular complexity index is 1040. The molecule has 0 aliphatic heterocycles. The summed E-state index contributed by atoms with van der Waals surface area (Å²) in [6, 6.07) is 15.9. The van der Waals surface area contributed by atoms with Gasteiger partial charge in [-0.25, -0.2) is 9.37 Å². The highest BCUT2D eigenvalue weighted by molar-refractivity contribution is 7.19. The fourth-order valence-electron chi connectivity index (χ4n) is 2.89. The van der Waals surface area contributed by atoms with Crippen LogP contribution in [0.3, 0.4) is 0 Å². The van der Waals surface area contributed by atoms with Crippen LogP contribution in [0.5, 0.6) is 0 Å². The molecule has 3 aromatic rings. The smallest absolute Gasteiger partial charge is 0.132 e. The van der Waals surface area contributed by atoms with E-state index in [2.05, 4.69) is 16.4 Å². The standard InChI is InChI=1S/C22H22FN3O2S/c1-22(2,28)15-6-7-16(17(23)12-15)19-8-9-21(29-19)26-20-5-3-4-18(25-20)14(13-24)10-11-27/h3-9,12,14,27-28H,10-11H2,1-2H3,(H,25,26). The highest BCUT2D eigenvalue weighted by Gasteiger charge is 2.19. The number of hydrogen-bond acceptors (Lipinski definition) is 6. The largest absolute Gasteiger partial charge is 0.396 e. The van der Waals surface area contributed by atoms with Crippen molar-refractivity contribution >= 4 is 22.2 Å². The minimum absolute atomic E-state index is 0.0797. The fraction of sp³-hybridized carbons (Fsp3) is 0.273. The van der Waals surface area contributed by atoms with Gasteiger partial charge in [0.05, 0.1) is 28.3 Å². The van der Waals surface area contributed by atoms with Gasteiger partial charge < -0.3 is 15.5 Å². The molecule has 3 rings (SSSR count). The number of nitrogens with zero attached hydrogens (tertiary/aromatic N) is 2. The second kappa shape index (κ2) is 8.70. The van der Waals surface area contributed by atoms with Crippen molar-refractivity contribution in [3.8, 4) is 16.5 Å². The summed E-state index contributed by atoms with van der Waals surface area (Å²) < 4.78 is 14.6. The average Bonchev–Trinajstić information content (AvgIpc) is 3.13. The van der Waals surface area contributed by atoms with Gasteiger partial charge in [0, 0.05) is 17.0 Å². The molecule has 29 heavy (non-hydrogen) atoms. The molecule has 0 aliphatic carbocycles. The zero-order chi connectivity index (χ0) is 21.0. The lowest BCUT2D eigenvalue weighted by atomic mass is 9.97. The molecule has 0 aliphatic rings. The van der Waals surface area contributed by atoms with E-state index >= 15 is 0 Å². The molecular weight excluding hydrogens is 389 g/mol. The minimum Gasteiger partial charge on any atom is -0.396 e. The van der Waals surface area contributed by atoms with Crippen molar-refractivity contribution in [2.24, 2.45) is 0 Å². The quantitative estimate of drug-likeness (QED) is 0.514. The summed E-state index contributed by atoms with van der Waals surface area (Å²) in [5, 5.41) is 32.3. The molecule has 1 atom stereocenters. The van der Waals surface area contributed by atoms with Gasteiger partial charge in [0.15, 0.2) is 0 Å². The summed E-state index contributed by atoms with van der Waals surface area (Å²) in [6.07, 6.45) is 0.329. The highest BCUT2D eigenvalue weighted by Crippen LogP contribution is 2.35. The second-order valence-corrected chi connectivity index (χ2v) is 8.27. The summed E-state index contributed by atoms with van der Waals surface area (Å²) in [6.45, 7) is 3.16. The number of hydrogen-bond donors (Lipinski definition) is 3. The van der Waals surface area contributed by atoms with Crippen molar-refractivity contribution < 1.29 is 14.6 Å². The van der Waals surface area contributed by atoms with Crippen LogP contribution in [0, 0.1) is 17.1 Å². The van der Waals surface area contributed by atoms with Crippen LogP contribution in [-0.4, -0.2) is 21.8 Å². The molecule has 150 valence electrons. The molecule has 0 saturated carbocycles. The summed E-state index contributed by atoms with van der Waals surface area (Å²) in [7, 11) is 0. The number of rotatable bonds is 7. The van der Waals surface area contributed by atoms with Crippen molar-refractivity contribution in [2.45, 2.75) is 31.8 Å². The Labute approximate surface area is 173 Å². The predicted molar refractivity (Wildman–Crippen MR) is 113 cm³/mol. The Balaban J connectivity index is 1.80. The van der Waals surface area contributed by atoms with E-state index in [4.69, 9.17) is 5.11 Å². The van der Waals surface area contributed by atoms with E-state index in [0.29, 0.717) is 29.1 Å². The molecule has 0 amide bonds. The van der Waals surface area contributed by atoms with E-state index in [9.17, 15) is 14.8 Å². The van der Waals surface area contributed by atoms with E-state index in [1.807, 2.05) is 12.1 Å². The van der Waals surface area contributed by atoms with Gasteiger partial charge in [-0.05, 0) is 56.2 Å². The second-order valence-electron chi connectivity index (χ2n) is 7.18. The Morgan fingerprint density at radius 3 is 2.69 bits per heavy atom. The maximum Gasteiger partial charge on any atom is 0.132 e. The molecule has 3 N–H and O–H groups in total. The molecule has 5 nitrogen and oxygen atoms in total.